The quantitative estimate of drug-likeness (QED) is 0.781. The Morgan fingerprint density at radius 3 is 2.71 bits per heavy atom. The van der Waals surface area contributed by atoms with Gasteiger partial charge in [-0.25, -0.2) is 8.78 Å². The van der Waals surface area contributed by atoms with Crippen LogP contribution in [0.3, 0.4) is 0 Å². The van der Waals surface area contributed by atoms with Gasteiger partial charge in [0.25, 0.3) is 12.3 Å². The fourth-order valence-corrected chi connectivity index (χ4v) is 2.57. The summed E-state index contributed by atoms with van der Waals surface area (Å²) in [7, 11) is 1.68. The number of anilines is 1. The topological polar surface area (TPSA) is 64.7 Å². The van der Waals surface area contributed by atoms with Crippen molar-refractivity contribution in [2.24, 2.45) is 7.05 Å². The number of aryl methyl sites for hydroxylation is 2. The maximum Gasteiger partial charge on any atom is 0.275 e. The maximum atomic E-state index is 12.7. The molecule has 0 fully saturated rings. The van der Waals surface area contributed by atoms with Gasteiger partial charge in [0.05, 0.1) is 11.2 Å². The van der Waals surface area contributed by atoms with Crippen LogP contribution < -0.4 is 5.32 Å². The highest BCUT2D eigenvalue weighted by atomic mass is 19.3. The molecule has 1 aromatic carbocycles. The number of fused-ring (bicyclic) bond motifs is 1. The Morgan fingerprint density at radius 1 is 1.29 bits per heavy atom. The Balaban J connectivity index is 1.94. The van der Waals surface area contributed by atoms with E-state index in [2.05, 4.69) is 15.5 Å². The normalized spacial score (nSPS) is 11.4. The number of alkyl halides is 2. The largest absolute Gasteiger partial charge is 0.303 e. The van der Waals surface area contributed by atoms with E-state index >= 15 is 0 Å². The number of nitrogens with zero attached hydrogens (tertiary/aromatic N) is 4. The predicted octanol–water partition coefficient (Wildman–Crippen LogP) is 2.85. The third-order valence-electron chi connectivity index (χ3n) is 3.73. The first-order valence-electron chi connectivity index (χ1n) is 7.57. The molecule has 3 aromatic rings. The first kappa shape index (κ1) is 16.1. The number of halogens is 2. The third kappa shape index (κ3) is 2.99. The van der Waals surface area contributed by atoms with E-state index in [-0.39, 0.29) is 11.7 Å². The molecule has 8 heteroatoms. The van der Waals surface area contributed by atoms with Crippen LogP contribution in [0.5, 0.6) is 0 Å². The van der Waals surface area contributed by atoms with Gasteiger partial charge >= 0.3 is 0 Å². The van der Waals surface area contributed by atoms with Gasteiger partial charge in [0.1, 0.15) is 12.2 Å². The molecule has 24 heavy (non-hydrogen) atoms. The van der Waals surface area contributed by atoms with Gasteiger partial charge in [-0.05, 0) is 24.6 Å². The van der Waals surface area contributed by atoms with Gasteiger partial charge in [0.15, 0.2) is 5.82 Å². The number of rotatable bonds is 5. The van der Waals surface area contributed by atoms with Crippen molar-refractivity contribution in [2.45, 2.75) is 26.3 Å². The standard InChI is InChI=1S/C16H17F2N5O/c1-3-10-8-13(22(2)20-10)16(24)19-15-11-6-4-5-7-12(11)23(21-15)9-14(17)18/h4-8,14H,3,9H2,1-2H3,(H,19,21,24). The molecule has 2 aromatic heterocycles. The molecule has 0 aliphatic rings. The lowest BCUT2D eigenvalue weighted by Gasteiger charge is -2.03. The molecule has 0 aliphatic carbocycles. The molecule has 0 atom stereocenters. The minimum Gasteiger partial charge on any atom is -0.303 e. The van der Waals surface area contributed by atoms with E-state index in [1.807, 2.05) is 6.92 Å². The van der Waals surface area contributed by atoms with Crippen molar-refractivity contribution in [2.75, 3.05) is 5.32 Å². The zero-order valence-corrected chi connectivity index (χ0v) is 13.3. The number of nitrogens with one attached hydrogen (secondary N) is 1. The van der Waals surface area contributed by atoms with E-state index in [4.69, 9.17) is 0 Å². The first-order chi connectivity index (χ1) is 11.5. The molecule has 3 rings (SSSR count). The highest BCUT2D eigenvalue weighted by Crippen LogP contribution is 2.24. The Kier molecular flexibility index (Phi) is 4.28. The van der Waals surface area contributed by atoms with E-state index in [9.17, 15) is 13.6 Å². The summed E-state index contributed by atoms with van der Waals surface area (Å²) < 4.78 is 28.1. The summed E-state index contributed by atoms with van der Waals surface area (Å²) in [5.41, 5.74) is 1.74. The fourth-order valence-electron chi connectivity index (χ4n) is 2.57. The van der Waals surface area contributed by atoms with Crippen LogP contribution in [0.25, 0.3) is 10.9 Å². The van der Waals surface area contributed by atoms with Gasteiger partial charge in [-0.1, -0.05) is 19.1 Å². The molecular weight excluding hydrogens is 316 g/mol. The monoisotopic (exact) mass is 333 g/mol. The van der Waals surface area contributed by atoms with Gasteiger partial charge in [0, 0.05) is 12.4 Å². The Bertz CT molecular complexity index is 884. The van der Waals surface area contributed by atoms with E-state index in [0.29, 0.717) is 23.0 Å². The predicted molar refractivity (Wildman–Crippen MR) is 86.3 cm³/mol. The minimum atomic E-state index is -2.53. The van der Waals surface area contributed by atoms with E-state index in [1.54, 1.807) is 37.4 Å². The number of aromatic nitrogens is 4. The van der Waals surface area contributed by atoms with Crippen molar-refractivity contribution >= 4 is 22.6 Å². The van der Waals surface area contributed by atoms with Crippen molar-refractivity contribution in [3.05, 3.63) is 41.7 Å². The van der Waals surface area contributed by atoms with E-state index in [1.165, 1.54) is 9.36 Å². The fraction of sp³-hybridized carbons (Fsp3) is 0.312. The highest BCUT2D eigenvalue weighted by Gasteiger charge is 2.18. The van der Waals surface area contributed by atoms with Crippen LogP contribution in [0.1, 0.15) is 23.1 Å². The molecule has 0 saturated heterocycles. The SMILES string of the molecule is CCc1cc(C(=O)Nc2nn(CC(F)F)c3ccccc23)n(C)n1. The van der Waals surface area contributed by atoms with Crippen LogP contribution in [0.15, 0.2) is 30.3 Å². The van der Waals surface area contributed by atoms with E-state index < -0.39 is 13.0 Å². The van der Waals surface area contributed by atoms with Crippen molar-refractivity contribution in [3.63, 3.8) is 0 Å². The number of hydrogen-bond donors (Lipinski definition) is 1. The summed E-state index contributed by atoms with van der Waals surface area (Å²) >= 11 is 0. The van der Waals surface area contributed by atoms with Crippen molar-refractivity contribution in [1.82, 2.24) is 19.6 Å². The van der Waals surface area contributed by atoms with Gasteiger partial charge in [-0.2, -0.15) is 10.2 Å². The lowest BCUT2D eigenvalue weighted by Crippen LogP contribution is -2.17. The molecule has 1 N–H and O–H groups in total. The minimum absolute atomic E-state index is 0.260. The molecule has 1 amide bonds. The van der Waals surface area contributed by atoms with Crippen LogP contribution in [0, 0.1) is 0 Å². The summed E-state index contributed by atoms with van der Waals surface area (Å²) in [6.45, 7) is 1.42. The molecule has 0 aliphatic heterocycles. The van der Waals surface area contributed by atoms with Crippen LogP contribution in [-0.4, -0.2) is 31.9 Å². The van der Waals surface area contributed by atoms with Gasteiger partial charge in [-0.3, -0.25) is 14.2 Å². The van der Waals surface area contributed by atoms with Crippen molar-refractivity contribution in [1.29, 1.82) is 0 Å². The number of carbonyl (C=O) groups excluding carboxylic acids is 1. The van der Waals surface area contributed by atoms with Gasteiger partial charge in [0.2, 0.25) is 0 Å². The zero-order chi connectivity index (χ0) is 17.3. The maximum absolute atomic E-state index is 12.7. The summed E-state index contributed by atoms with van der Waals surface area (Å²) in [6.07, 6.45) is -1.81. The second-order valence-corrected chi connectivity index (χ2v) is 5.39. The molecule has 2 heterocycles. The molecule has 0 unspecified atom stereocenters. The summed E-state index contributed by atoms with van der Waals surface area (Å²) in [4.78, 5) is 12.5. The molecular formula is C16H17F2N5O. The number of carbonyl (C=O) groups is 1. The van der Waals surface area contributed by atoms with E-state index in [0.717, 1.165) is 5.69 Å². The number of hydrogen-bond acceptors (Lipinski definition) is 3. The summed E-state index contributed by atoms with van der Waals surface area (Å²) in [6, 6.07) is 8.64. The molecule has 0 saturated carbocycles. The van der Waals surface area contributed by atoms with Gasteiger partial charge < -0.3 is 5.32 Å². The highest BCUT2D eigenvalue weighted by molar-refractivity contribution is 6.07. The smallest absolute Gasteiger partial charge is 0.275 e. The average Bonchev–Trinajstić information content (AvgIpc) is 3.08. The van der Waals surface area contributed by atoms with Crippen LogP contribution >= 0.6 is 0 Å². The zero-order valence-electron chi connectivity index (χ0n) is 13.3. The van der Waals surface area contributed by atoms with Crippen LogP contribution in [0.4, 0.5) is 14.6 Å². The average molecular weight is 333 g/mol. The molecule has 6 nitrogen and oxygen atoms in total. The molecule has 0 bridgehead atoms. The van der Waals surface area contributed by atoms with Crippen molar-refractivity contribution < 1.29 is 13.6 Å². The molecule has 0 spiro atoms. The Hall–Kier alpha value is -2.77. The number of benzene rings is 1. The lowest BCUT2D eigenvalue weighted by molar-refractivity contribution is 0.101. The lowest BCUT2D eigenvalue weighted by atomic mass is 10.2. The first-order valence-corrected chi connectivity index (χ1v) is 7.57. The van der Waals surface area contributed by atoms with Gasteiger partial charge in [-0.15, -0.1) is 0 Å². The van der Waals surface area contributed by atoms with Crippen LogP contribution in [0.2, 0.25) is 0 Å². The number of amides is 1. The van der Waals surface area contributed by atoms with Crippen molar-refractivity contribution in [3.8, 4) is 0 Å². The number of para-hydroxylation sites is 1. The summed E-state index contributed by atoms with van der Waals surface area (Å²) in [5.74, 6) is -0.118. The van der Waals surface area contributed by atoms with Crippen LogP contribution in [-0.2, 0) is 20.0 Å². The Labute approximate surface area is 137 Å². The Morgan fingerprint density at radius 2 is 2.04 bits per heavy atom. The second kappa shape index (κ2) is 6.38. The molecule has 126 valence electrons. The summed E-state index contributed by atoms with van der Waals surface area (Å²) in [5, 5.41) is 11.7. The second-order valence-electron chi connectivity index (χ2n) is 5.39. The molecule has 0 radical (unpaired) electrons. The third-order valence-corrected chi connectivity index (χ3v) is 3.73.